The van der Waals surface area contributed by atoms with E-state index in [0.717, 1.165) is 4.90 Å². The highest BCUT2D eigenvalue weighted by atomic mass is 16.5. The topological polar surface area (TPSA) is 87.7 Å². The van der Waals surface area contributed by atoms with Gasteiger partial charge >= 0.3 is 6.09 Å². The van der Waals surface area contributed by atoms with Crippen LogP contribution in [0.2, 0.25) is 0 Å². The van der Waals surface area contributed by atoms with E-state index in [1.165, 1.54) is 0 Å². The van der Waals surface area contributed by atoms with Gasteiger partial charge in [-0.25, -0.2) is 10.2 Å². The molecule has 0 aromatic rings. The van der Waals surface area contributed by atoms with Crippen LogP contribution in [0.3, 0.4) is 0 Å². The molecular weight excluding hydrogens is 214 g/mol. The zero-order valence-electron chi connectivity index (χ0n) is 9.28. The average molecular weight is 229 g/mol. The van der Waals surface area contributed by atoms with Crippen LogP contribution in [0.25, 0.3) is 0 Å². The zero-order valence-corrected chi connectivity index (χ0v) is 9.28. The van der Waals surface area contributed by atoms with E-state index in [-0.39, 0.29) is 24.8 Å². The van der Waals surface area contributed by atoms with Crippen LogP contribution in [0.5, 0.6) is 0 Å². The monoisotopic (exact) mass is 229 g/mol. The van der Waals surface area contributed by atoms with Crippen LogP contribution < -0.4 is 10.9 Å². The smallest absolute Gasteiger partial charge is 0.421 e. The van der Waals surface area contributed by atoms with Gasteiger partial charge < -0.3 is 4.74 Å². The van der Waals surface area contributed by atoms with Gasteiger partial charge in [-0.1, -0.05) is 0 Å². The minimum absolute atomic E-state index is 0.0546. The summed E-state index contributed by atoms with van der Waals surface area (Å²) >= 11 is 0. The highest BCUT2D eigenvalue weighted by Crippen LogP contribution is 2.11. The summed E-state index contributed by atoms with van der Waals surface area (Å²) in [5, 5.41) is 0. The number of amides is 3. The molecule has 0 aromatic heterocycles. The van der Waals surface area contributed by atoms with Crippen molar-refractivity contribution in [3.8, 4) is 0 Å². The predicted molar refractivity (Wildman–Crippen MR) is 54.1 cm³/mol. The number of carbonyl (C=O) groups is 3. The molecule has 1 atom stereocenters. The lowest BCUT2D eigenvalue weighted by molar-refractivity contribution is -0.138. The second-order valence-corrected chi connectivity index (χ2v) is 3.22. The second-order valence-electron chi connectivity index (χ2n) is 3.22. The summed E-state index contributed by atoms with van der Waals surface area (Å²) in [5.74, 6) is -0.569. The Labute approximate surface area is 93.1 Å². The molecule has 3 amide bonds. The number of rotatable bonds is 4. The van der Waals surface area contributed by atoms with Crippen LogP contribution in [0.15, 0.2) is 0 Å². The molecule has 16 heavy (non-hydrogen) atoms. The molecule has 7 nitrogen and oxygen atoms in total. The zero-order chi connectivity index (χ0) is 12.1. The minimum atomic E-state index is -0.697. The van der Waals surface area contributed by atoms with Crippen molar-refractivity contribution in [3.63, 3.8) is 0 Å². The van der Waals surface area contributed by atoms with Crippen LogP contribution in [-0.2, 0) is 14.3 Å². The van der Waals surface area contributed by atoms with Gasteiger partial charge in [0.05, 0.1) is 13.0 Å². The van der Waals surface area contributed by atoms with E-state index >= 15 is 0 Å². The molecule has 1 unspecified atom stereocenters. The maximum Gasteiger partial charge on any atom is 0.421 e. The number of imide groups is 1. The van der Waals surface area contributed by atoms with Crippen molar-refractivity contribution in [1.29, 1.82) is 0 Å². The van der Waals surface area contributed by atoms with Crippen LogP contribution >= 0.6 is 0 Å². The first-order valence-electron chi connectivity index (χ1n) is 5.12. The van der Waals surface area contributed by atoms with Gasteiger partial charge in [-0.2, -0.15) is 0 Å². The molecule has 0 radical (unpaired) electrons. The van der Waals surface area contributed by atoms with Gasteiger partial charge in [-0.3, -0.25) is 19.9 Å². The molecule has 90 valence electrons. The number of hydrogen-bond donors (Lipinski definition) is 2. The van der Waals surface area contributed by atoms with E-state index in [1.54, 1.807) is 13.8 Å². The first-order valence-corrected chi connectivity index (χ1v) is 5.12. The summed E-state index contributed by atoms with van der Waals surface area (Å²) in [7, 11) is 0. The summed E-state index contributed by atoms with van der Waals surface area (Å²) in [5.41, 5.74) is 4.68. The van der Waals surface area contributed by atoms with Gasteiger partial charge in [0, 0.05) is 6.54 Å². The van der Waals surface area contributed by atoms with Gasteiger partial charge in [-0.05, 0) is 13.8 Å². The van der Waals surface area contributed by atoms with Crippen molar-refractivity contribution < 1.29 is 19.1 Å². The molecule has 1 rings (SSSR count). The van der Waals surface area contributed by atoms with Gasteiger partial charge in [0.1, 0.15) is 6.04 Å². The van der Waals surface area contributed by atoms with Crippen molar-refractivity contribution in [1.82, 2.24) is 15.8 Å². The Morgan fingerprint density at radius 3 is 2.69 bits per heavy atom. The van der Waals surface area contributed by atoms with Crippen molar-refractivity contribution >= 4 is 17.9 Å². The largest absolute Gasteiger partial charge is 0.449 e. The lowest BCUT2D eigenvalue weighted by Crippen LogP contribution is -2.48. The third-order valence-corrected chi connectivity index (χ3v) is 2.18. The number of hydrazine groups is 1. The fourth-order valence-electron chi connectivity index (χ4n) is 1.44. The Morgan fingerprint density at radius 2 is 2.19 bits per heavy atom. The summed E-state index contributed by atoms with van der Waals surface area (Å²) in [6.07, 6.45) is -0.614. The van der Waals surface area contributed by atoms with Crippen LogP contribution in [-0.4, -0.2) is 42.0 Å². The molecule has 1 heterocycles. The van der Waals surface area contributed by atoms with Crippen molar-refractivity contribution in [2.75, 3.05) is 13.2 Å². The maximum absolute atomic E-state index is 11.6. The molecule has 1 fully saturated rings. The Balaban J connectivity index is 2.42. The predicted octanol–water partition coefficient (Wildman–Crippen LogP) is -0.615. The first-order chi connectivity index (χ1) is 7.60. The lowest BCUT2D eigenvalue weighted by Gasteiger charge is -2.13. The first kappa shape index (κ1) is 12.4. The molecule has 1 saturated heterocycles. The number of nitrogens with one attached hydrogen (secondary N) is 2. The standard InChI is InChI=1S/C9H15N3O4/c1-3-12-7(13)5-6(8(12)14)10-11-9(15)16-4-2/h6,10H,3-5H2,1-2H3,(H,11,15). The van der Waals surface area contributed by atoms with Crippen LogP contribution in [0.1, 0.15) is 20.3 Å². The van der Waals surface area contributed by atoms with Crippen LogP contribution in [0.4, 0.5) is 4.79 Å². The molecule has 0 spiro atoms. The molecule has 0 aliphatic carbocycles. The average Bonchev–Trinajstić information content (AvgIpc) is 2.51. The molecule has 2 N–H and O–H groups in total. The second kappa shape index (κ2) is 5.45. The Kier molecular flexibility index (Phi) is 4.24. The minimum Gasteiger partial charge on any atom is -0.449 e. The van der Waals surface area contributed by atoms with Crippen molar-refractivity contribution in [2.45, 2.75) is 26.3 Å². The third-order valence-electron chi connectivity index (χ3n) is 2.18. The van der Waals surface area contributed by atoms with Gasteiger partial charge in [0.2, 0.25) is 11.8 Å². The summed E-state index contributed by atoms with van der Waals surface area (Å²) < 4.78 is 4.59. The molecule has 1 aliphatic rings. The molecule has 0 bridgehead atoms. The normalized spacial score (nSPS) is 20.1. The number of nitrogens with zero attached hydrogens (tertiary/aromatic N) is 1. The van der Waals surface area contributed by atoms with E-state index < -0.39 is 12.1 Å². The molecule has 7 heteroatoms. The third kappa shape index (κ3) is 2.69. The number of hydrogen-bond acceptors (Lipinski definition) is 5. The summed E-state index contributed by atoms with van der Waals surface area (Å²) in [6, 6.07) is -0.697. The molecular formula is C9H15N3O4. The van der Waals surface area contributed by atoms with E-state index in [0.29, 0.717) is 6.54 Å². The number of likely N-dealkylation sites (N-methyl/N-ethyl adjacent to an activating group) is 1. The number of likely N-dealkylation sites (tertiary alicyclic amines) is 1. The van der Waals surface area contributed by atoms with E-state index in [9.17, 15) is 14.4 Å². The SMILES string of the molecule is CCOC(=O)NNC1CC(=O)N(CC)C1=O. The van der Waals surface area contributed by atoms with Crippen LogP contribution in [0, 0.1) is 0 Å². The quantitative estimate of drug-likeness (QED) is 0.495. The molecule has 1 aliphatic heterocycles. The van der Waals surface area contributed by atoms with E-state index in [4.69, 9.17) is 0 Å². The van der Waals surface area contributed by atoms with Gasteiger partial charge in [-0.15, -0.1) is 0 Å². The Hall–Kier alpha value is -1.63. The van der Waals surface area contributed by atoms with Gasteiger partial charge in [0.25, 0.3) is 0 Å². The Morgan fingerprint density at radius 1 is 1.50 bits per heavy atom. The van der Waals surface area contributed by atoms with Crippen molar-refractivity contribution in [3.05, 3.63) is 0 Å². The highest BCUT2D eigenvalue weighted by Gasteiger charge is 2.37. The summed E-state index contributed by atoms with van der Waals surface area (Å²) in [4.78, 5) is 35.0. The summed E-state index contributed by atoms with van der Waals surface area (Å²) in [6.45, 7) is 3.97. The fraction of sp³-hybridized carbons (Fsp3) is 0.667. The van der Waals surface area contributed by atoms with Crippen molar-refractivity contribution in [2.24, 2.45) is 0 Å². The van der Waals surface area contributed by atoms with E-state index in [1.807, 2.05) is 0 Å². The highest BCUT2D eigenvalue weighted by molar-refractivity contribution is 6.05. The molecule has 0 aromatic carbocycles. The number of carbonyl (C=O) groups excluding carboxylic acids is 3. The fourth-order valence-corrected chi connectivity index (χ4v) is 1.44. The number of ether oxygens (including phenoxy) is 1. The lowest BCUT2D eigenvalue weighted by atomic mass is 10.3. The Bertz CT molecular complexity index is 305. The molecule has 0 saturated carbocycles. The van der Waals surface area contributed by atoms with E-state index in [2.05, 4.69) is 15.6 Å². The van der Waals surface area contributed by atoms with Gasteiger partial charge in [0.15, 0.2) is 0 Å². The maximum atomic E-state index is 11.6.